The molecule has 0 atom stereocenters. The van der Waals surface area contributed by atoms with Crippen molar-refractivity contribution in [3.63, 3.8) is 0 Å². The number of halogens is 2. The average molecular weight is 468 g/mol. The fourth-order valence-electron chi connectivity index (χ4n) is 4.18. The van der Waals surface area contributed by atoms with E-state index in [0.29, 0.717) is 37.3 Å². The van der Waals surface area contributed by atoms with Crippen LogP contribution in [0.15, 0.2) is 72.8 Å². The molecule has 1 saturated heterocycles. The lowest BCUT2D eigenvalue weighted by molar-refractivity contribution is 0.155. The van der Waals surface area contributed by atoms with E-state index in [4.69, 9.17) is 5.26 Å². The molecule has 3 aromatic rings. The Bertz CT molecular complexity index is 1200. The zero-order chi connectivity index (χ0) is 23.4. The minimum atomic E-state index is -3.55. The van der Waals surface area contributed by atoms with Crippen LogP contribution in [0.25, 0.3) is 0 Å². The van der Waals surface area contributed by atoms with Crippen molar-refractivity contribution in [1.82, 2.24) is 9.21 Å². The number of rotatable bonds is 6. The van der Waals surface area contributed by atoms with Crippen LogP contribution in [0, 0.1) is 23.0 Å². The first-order valence-corrected chi connectivity index (χ1v) is 12.2. The van der Waals surface area contributed by atoms with Gasteiger partial charge in [0, 0.05) is 26.2 Å². The molecule has 0 bridgehead atoms. The molecular weight excluding hydrogens is 444 g/mol. The third-order valence-electron chi connectivity index (χ3n) is 5.81. The molecule has 4 rings (SSSR count). The Balaban J connectivity index is 1.51. The highest BCUT2D eigenvalue weighted by Crippen LogP contribution is 2.30. The van der Waals surface area contributed by atoms with Crippen LogP contribution in [-0.4, -0.2) is 43.8 Å². The predicted octanol–water partition coefficient (Wildman–Crippen LogP) is 4.07. The number of nitrogens with zero attached hydrogens (tertiary/aromatic N) is 3. The Morgan fingerprint density at radius 1 is 0.848 bits per heavy atom. The summed E-state index contributed by atoms with van der Waals surface area (Å²) in [7, 11) is -3.55. The monoisotopic (exact) mass is 467 g/mol. The van der Waals surface area contributed by atoms with Crippen molar-refractivity contribution in [2.75, 3.05) is 26.2 Å². The van der Waals surface area contributed by atoms with Crippen LogP contribution in [0.5, 0.6) is 0 Å². The second-order valence-electron chi connectivity index (χ2n) is 8.01. The summed E-state index contributed by atoms with van der Waals surface area (Å²) in [5.74, 6) is -0.844. The Hall–Kier alpha value is -3.12. The fraction of sp³-hybridized carbons (Fsp3) is 0.240. The molecule has 1 aliphatic rings. The van der Waals surface area contributed by atoms with E-state index in [1.54, 1.807) is 48.5 Å². The molecule has 0 amide bonds. The maximum Gasteiger partial charge on any atom is 0.218 e. The molecule has 0 saturated carbocycles. The van der Waals surface area contributed by atoms with Gasteiger partial charge < -0.3 is 0 Å². The van der Waals surface area contributed by atoms with Crippen LogP contribution < -0.4 is 0 Å². The number of piperazine rings is 1. The molecule has 170 valence electrons. The van der Waals surface area contributed by atoms with Crippen LogP contribution in [0.3, 0.4) is 0 Å². The first-order chi connectivity index (χ1) is 15.9. The average Bonchev–Trinajstić information content (AvgIpc) is 2.82. The van der Waals surface area contributed by atoms with Gasteiger partial charge in [0.2, 0.25) is 10.0 Å². The lowest BCUT2D eigenvalue weighted by Crippen LogP contribution is -2.50. The van der Waals surface area contributed by atoms with Gasteiger partial charge in [0.1, 0.15) is 11.6 Å². The van der Waals surface area contributed by atoms with Gasteiger partial charge in [-0.2, -0.15) is 9.57 Å². The Morgan fingerprint density at radius 3 is 1.91 bits per heavy atom. The summed E-state index contributed by atoms with van der Waals surface area (Å²) in [6.45, 7) is 1.55. The summed E-state index contributed by atoms with van der Waals surface area (Å²) in [5, 5.41) is 9.05. The second-order valence-corrected chi connectivity index (χ2v) is 9.98. The highest BCUT2D eigenvalue weighted by molar-refractivity contribution is 7.88. The molecular formula is C25H23F2N3O2S. The van der Waals surface area contributed by atoms with E-state index in [9.17, 15) is 17.2 Å². The van der Waals surface area contributed by atoms with E-state index >= 15 is 0 Å². The molecule has 0 N–H and O–H groups in total. The minimum absolute atomic E-state index is 0.165. The predicted molar refractivity (Wildman–Crippen MR) is 122 cm³/mol. The lowest BCUT2D eigenvalue weighted by Gasteiger charge is -2.39. The van der Waals surface area contributed by atoms with Gasteiger partial charge in [-0.15, -0.1) is 0 Å². The van der Waals surface area contributed by atoms with Gasteiger partial charge in [-0.05, 0) is 53.1 Å². The van der Waals surface area contributed by atoms with E-state index in [1.807, 2.05) is 6.07 Å². The fourth-order valence-corrected chi connectivity index (χ4v) is 5.68. The van der Waals surface area contributed by atoms with E-state index in [1.165, 1.54) is 28.6 Å². The second kappa shape index (κ2) is 9.79. The number of hydrogen-bond acceptors (Lipinski definition) is 4. The van der Waals surface area contributed by atoms with Gasteiger partial charge in [0.05, 0.1) is 23.4 Å². The van der Waals surface area contributed by atoms with Crippen molar-refractivity contribution in [2.45, 2.75) is 11.8 Å². The highest BCUT2D eigenvalue weighted by Gasteiger charge is 2.31. The van der Waals surface area contributed by atoms with Gasteiger partial charge in [-0.1, -0.05) is 36.4 Å². The molecule has 33 heavy (non-hydrogen) atoms. The molecule has 1 heterocycles. The van der Waals surface area contributed by atoms with Gasteiger partial charge in [0.25, 0.3) is 0 Å². The summed E-state index contributed by atoms with van der Waals surface area (Å²) in [6, 6.07) is 20.8. The van der Waals surface area contributed by atoms with E-state index in [-0.39, 0.29) is 23.4 Å². The van der Waals surface area contributed by atoms with E-state index in [2.05, 4.69) is 4.90 Å². The van der Waals surface area contributed by atoms with Gasteiger partial charge in [-0.25, -0.2) is 17.2 Å². The van der Waals surface area contributed by atoms with Crippen molar-refractivity contribution in [3.05, 3.63) is 107 Å². The largest absolute Gasteiger partial charge is 0.290 e. The SMILES string of the molecule is N#Cc1cccc(CS(=O)(=O)N2CCN(C(c3ccc(F)cc3)c3ccc(F)cc3)CC2)c1. The first kappa shape index (κ1) is 23.1. The maximum absolute atomic E-state index is 13.5. The summed E-state index contributed by atoms with van der Waals surface area (Å²) in [4.78, 5) is 2.13. The van der Waals surface area contributed by atoms with Crippen LogP contribution in [0.4, 0.5) is 8.78 Å². The van der Waals surface area contributed by atoms with Gasteiger partial charge in [0.15, 0.2) is 0 Å². The van der Waals surface area contributed by atoms with Crippen LogP contribution in [0.2, 0.25) is 0 Å². The quantitative estimate of drug-likeness (QED) is 0.548. The van der Waals surface area contributed by atoms with Gasteiger partial charge in [-0.3, -0.25) is 4.90 Å². The van der Waals surface area contributed by atoms with Gasteiger partial charge >= 0.3 is 0 Å². The van der Waals surface area contributed by atoms with Crippen LogP contribution >= 0.6 is 0 Å². The molecule has 1 fully saturated rings. The standard InChI is InChI=1S/C25H23F2N3O2S/c26-23-8-4-21(5-9-23)25(22-6-10-24(27)11-7-22)29-12-14-30(15-13-29)33(31,32)18-20-3-1-2-19(16-20)17-28/h1-11,16,25H,12-15,18H2. The molecule has 0 unspecified atom stereocenters. The third-order valence-corrected chi connectivity index (χ3v) is 7.66. The van der Waals surface area contributed by atoms with Crippen molar-refractivity contribution < 1.29 is 17.2 Å². The molecule has 0 spiro atoms. The Morgan fingerprint density at radius 2 is 1.39 bits per heavy atom. The summed E-state index contributed by atoms with van der Waals surface area (Å²) in [6.07, 6.45) is 0. The normalized spacial score (nSPS) is 15.5. The topological polar surface area (TPSA) is 64.4 Å². The van der Waals surface area contributed by atoms with Crippen molar-refractivity contribution >= 4 is 10.0 Å². The smallest absolute Gasteiger partial charge is 0.218 e. The molecule has 5 nitrogen and oxygen atoms in total. The summed E-state index contributed by atoms with van der Waals surface area (Å²) < 4.78 is 54.4. The molecule has 0 aromatic heterocycles. The Labute approximate surface area is 192 Å². The summed E-state index contributed by atoms with van der Waals surface area (Å²) in [5.41, 5.74) is 2.71. The van der Waals surface area contributed by atoms with Crippen molar-refractivity contribution in [1.29, 1.82) is 5.26 Å². The number of sulfonamides is 1. The number of nitriles is 1. The van der Waals surface area contributed by atoms with E-state index in [0.717, 1.165) is 11.1 Å². The molecule has 0 radical (unpaired) electrons. The molecule has 8 heteroatoms. The Kier molecular flexibility index (Phi) is 6.84. The minimum Gasteiger partial charge on any atom is -0.290 e. The zero-order valence-corrected chi connectivity index (χ0v) is 18.7. The van der Waals surface area contributed by atoms with E-state index < -0.39 is 10.0 Å². The summed E-state index contributed by atoms with van der Waals surface area (Å²) >= 11 is 0. The maximum atomic E-state index is 13.5. The third kappa shape index (κ3) is 5.45. The number of benzene rings is 3. The van der Waals surface area contributed by atoms with Crippen molar-refractivity contribution in [3.8, 4) is 6.07 Å². The number of hydrogen-bond donors (Lipinski definition) is 0. The van der Waals surface area contributed by atoms with Crippen molar-refractivity contribution in [2.24, 2.45) is 0 Å². The van der Waals surface area contributed by atoms with Crippen LogP contribution in [-0.2, 0) is 15.8 Å². The molecule has 3 aromatic carbocycles. The molecule has 1 aliphatic heterocycles. The highest BCUT2D eigenvalue weighted by atomic mass is 32.2. The first-order valence-electron chi connectivity index (χ1n) is 10.6. The lowest BCUT2D eigenvalue weighted by atomic mass is 9.96. The zero-order valence-electron chi connectivity index (χ0n) is 17.9. The van der Waals surface area contributed by atoms with Crippen LogP contribution in [0.1, 0.15) is 28.3 Å². The molecule has 0 aliphatic carbocycles.